The van der Waals surface area contributed by atoms with Crippen LogP contribution in [0.1, 0.15) is 25.8 Å². The van der Waals surface area contributed by atoms with E-state index in [1.807, 2.05) is 13.0 Å². The van der Waals surface area contributed by atoms with E-state index in [9.17, 15) is 5.11 Å². The van der Waals surface area contributed by atoms with Gasteiger partial charge in [0.1, 0.15) is 0 Å². The predicted octanol–water partition coefficient (Wildman–Crippen LogP) is 4.44. The first-order valence-electron chi connectivity index (χ1n) is 7.16. The van der Waals surface area contributed by atoms with E-state index in [1.54, 1.807) is 0 Å². The Morgan fingerprint density at radius 2 is 1.79 bits per heavy atom. The quantitative estimate of drug-likeness (QED) is 0.762. The molecule has 0 aliphatic carbocycles. The van der Waals surface area contributed by atoms with Crippen LogP contribution >= 0.6 is 0 Å². The van der Waals surface area contributed by atoms with Gasteiger partial charge < -0.3 is 5.11 Å². The summed E-state index contributed by atoms with van der Waals surface area (Å²) in [6.07, 6.45) is 3.93. The molecular weight excluding hydrogens is 248 g/mol. The first-order chi connectivity index (χ1) is 8.71. The lowest BCUT2D eigenvalue weighted by atomic mass is 9.85. The molecule has 0 unspecified atom stereocenters. The van der Waals surface area contributed by atoms with Crippen molar-refractivity contribution in [3.8, 4) is 0 Å². The van der Waals surface area contributed by atoms with Crippen molar-refractivity contribution in [3.05, 3.63) is 47.7 Å². The van der Waals surface area contributed by atoms with Gasteiger partial charge in [0.05, 0.1) is 13.7 Å². The minimum absolute atomic E-state index is 0.197. The molecule has 1 aromatic rings. The number of hydrogen-bond donors (Lipinski definition) is 1. The summed E-state index contributed by atoms with van der Waals surface area (Å²) < 4.78 is 0. The summed E-state index contributed by atoms with van der Waals surface area (Å²) in [5, 5.41) is 10.6. The number of aliphatic hydroxyl groups is 1. The summed E-state index contributed by atoms with van der Waals surface area (Å²) in [5.74, 6) is 0.197. The molecular formula is C17H28OSi. The van der Waals surface area contributed by atoms with E-state index >= 15 is 0 Å². The maximum absolute atomic E-state index is 10.6. The lowest BCUT2D eigenvalue weighted by molar-refractivity contribution is 0.0164. The molecule has 2 heteroatoms. The molecule has 0 saturated heterocycles. The number of rotatable bonds is 6. The van der Waals surface area contributed by atoms with Crippen molar-refractivity contribution >= 4 is 8.07 Å². The Morgan fingerprint density at radius 3 is 2.32 bits per heavy atom. The molecule has 0 aromatic heterocycles. The van der Waals surface area contributed by atoms with Gasteiger partial charge in [0, 0.05) is 5.92 Å². The fourth-order valence-electron chi connectivity index (χ4n) is 1.91. The van der Waals surface area contributed by atoms with Crippen molar-refractivity contribution < 1.29 is 5.11 Å². The minimum Gasteiger partial charge on any atom is -0.390 e. The lowest BCUT2D eigenvalue weighted by Gasteiger charge is -2.29. The highest BCUT2D eigenvalue weighted by Gasteiger charge is 2.26. The highest BCUT2D eigenvalue weighted by Crippen LogP contribution is 2.25. The Hall–Kier alpha value is -0.863. The van der Waals surface area contributed by atoms with E-state index in [0.29, 0.717) is 0 Å². The van der Waals surface area contributed by atoms with E-state index in [-0.39, 0.29) is 5.92 Å². The zero-order valence-corrected chi connectivity index (χ0v) is 14.0. The van der Waals surface area contributed by atoms with Crippen LogP contribution in [0.15, 0.2) is 42.1 Å². The molecule has 1 N–H and O–H groups in total. The molecule has 1 aromatic carbocycles. The Morgan fingerprint density at radius 1 is 1.21 bits per heavy atom. The van der Waals surface area contributed by atoms with Gasteiger partial charge in [-0.05, 0) is 25.3 Å². The third kappa shape index (κ3) is 6.21. The largest absolute Gasteiger partial charge is 0.390 e. The van der Waals surface area contributed by atoms with Crippen LogP contribution in [-0.4, -0.2) is 18.8 Å². The van der Waals surface area contributed by atoms with Crippen LogP contribution in [0.5, 0.6) is 0 Å². The van der Waals surface area contributed by atoms with Crippen LogP contribution in [-0.2, 0) is 6.42 Å². The Kier molecular flexibility index (Phi) is 5.57. The molecule has 1 nitrogen and oxygen atoms in total. The summed E-state index contributed by atoms with van der Waals surface area (Å²) in [7, 11) is -1.18. The van der Waals surface area contributed by atoms with E-state index in [2.05, 4.69) is 62.6 Å². The van der Waals surface area contributed by atoms with Crippen LogP contribution < -0.4 is 0 Å². The maximum atomic E-state index is 10.6. The average Bonchev–Trinajstić information content (AvgIpc) is 2.34. The van der Waals surface area contributed by atoms with Crippen LogP contribution in [0, 0.1) is 5.92 Å². The monoisotopic (exact) mass is 276 g/mol. The highest BCUT2D eigenvalue weighted by atomic mass is 28.3. The van der Waals surface area contributed by atoms with Gasteiger partial charge in [-0.15, -0.1) is 0 Å². The third-order valence-corrected chi connectivity index (χ3v) is 4.82. The van der Waals surface area contributed by atoms with E-state index in [1.165, 1.54) is 5.56 Å². The summed E-state index contributed by atoms with van der Waals surface area (Å²) in [5.41, 5.74) is 2.99. The van der Waals surface area contributed by atoms with Crippen molar-refractivity contribution in [2.24, 2.45) is 5.92 Å². The van der Waals surface area contributed by atoms with Crippen LogP contribution in [0.25, 0.3) is 0 Å². The molecule has 0 spiro atoms. The molecule has 0 aliphatic rings. The second-order valence-corrected chi connectivity index (χ2v) is 11.9. The number of benzene rings is 1. The normalized spacial score (nSPS) is 17.4. The molecule has 106 valence electrons. The molecule has 0 radical (unpaired) electrons. The number of hydrogen-bond acceptors (Lipinski definition) is 1. The second kappa shape index (κ2) is 6.53. The van der Waals surface area contributed by atoms with Crippen LogP contribution in [0.3, 0.4) is 0 Å². The van der Waals surface area contributed by atoms with Gasteiger partial charge in [0.25, 0.3) is 0 Å². The second-order valence-electron chi connectivity index (χ2n) is 6.86. The standard InChI is InChI=1S/C17H28OSi/c1-15(12-14-19(3,4)5)17(2,18)13-11-16-9-7-6-8-10-16/h6-10,12,14-15,18H,11,13H2,1-5H3/b14-12+/t15-,17+/m0/s1. The molecule has 0 amide bonds. The molecule has 19 heavy (non-hydrogen) atoms. The fourth-order valence-corrected chi connectivity index (χ4v) is 2.78. The van der Waals surface area contributed by atoms with Gasteiger partial charge in [-0.2, -0.15) is 0 Å². The summed E-state index contributed by atoms with van der Waals surface area (Å²) >= 11 is 0. The topological polar surface area (TPSA) is 20.2 Å². The molecule has 0 bridgehead atoms. The summed E-state index contributed by atoms with van der Waals surface area (Å²) in [6.45, 7) is 11.0. The molecule has 0 aliphatic heterocycles. The smallest absolute Gasteiger partial charge is 0.0683 e. The zero-order chi connectivity index (χ0) is 14.5. The zero-order valence-electron chi connectivity index (χ0n) is 13.0. The van der Waals surface area contributed by atoms with Crippen molar-refractivity contribution in [1.82, 2.24) is 0 Å². The highest BCUT2D eigenvalue weighted by molar-refractivity contribution is 6.80. The van der Waals surface area contributed by atoms with Gasteiger partial charge in [-0.25, -0.2) is 0 Å². The Bertz CT molecular complexity index is 401. The SMILES string of the molecule is C[C@@H](/C=C/[Si](C)(C)C)[C@](C)(O)CCc1ccccc1. The average molecular weight is 276 g/mol. The van der Waals surface area contributed by atoms with E-state index < -0.39 is 13.7 Å². The molecule has 0 heterocycles. The Labute approximate surface area is 119 Å². The molecule has 1 rings (SSSR count). The van der Waals surface area contributed by atoms with Gasteiger partial charge >= 0.3 is 0 Å². The molecule has 0 saturated carbocycles. The first kappa shape index (κ1) is 16.2. The number of aryl methyl sites for hydroxylation is 1. The van der Waals surface area contributed by atoms with Gasteiger partial charge in [-0.1, -0.05) is 68.7 Å². The van der Waals surface area contributed by atoms with Crippen molar-refractivity contribution in [2.45, 2.75) is 51.9 Å². The van der Waals surface area contributed by atoms with Gasteiger partial charge in [0.15, 0.2) is 0 Å². The summed E-state index contributed by atoms with van der Waals surface area (Å²) in [4.78, 5) is 0. The third-order valence-electron chi connectivity index (χ3n) is 3.63. The van der Waals surface area contributed by atoms with Crippen molar-refractivity contribution in [1.29, 1.82) is 0 Å². The van der Waals surface area contributed by atoms with E-state index in [0.717, 1.165) is 12.8 Å². The van der Waals surface area contributed by atoms with Crippen molar-refractivity contribution in [2.75, 3.05) is 0 Å². The maximum Gasteiger partial charge on any atom is 0.0683 e. The predicted molar refractivity (Wildman–Crippen MR) is 87.0 cm³/mol. The molecule has 2 atom stereocenters. The van der Waals surface area contributed by atoms with Gasteiger partial charge in [0.2, 0.25) is 0 Å². The first-order valence-corrected chi connectivity index (χ1v) is 10.7. The Balaban J connectivity index is 2.58. The lowest BCUT2D eigenvalue weighted by Crippen LogP contribution is -2.32. The minimum atomic E-state index is -1.18. The van der Waals surface area contributed by atoms with E-state index in [4.69, 9.17) is 0 Å². The van der Waals surface area contributed by atoms with Crippen LogP contribution in [0.4, 0.5) is 0 Å². The van der Waals surface area contributed by atoms with Crippen molar-refractivity contribution in [3.63, 3.8) is 0 Å². The molecule has 0 fully saturated rings. The van der Waals surface area contributed by atoms with Gasteiger partial charge in [-0.3, -0.25) is 0 Å². The fraction of sp³-hybridized carbons (Fsp3) is 0.529. The van der Waals surface area contributed by atoms with Crippen LogP contribution in [0.2, 0.25) is 19.6 Å². The summed E-state index contributed by atoms with van der Waals surface area (Å²) in [6, 6.07) is 10.4.